The van der Waals surface area contributed by atoms with E-state index < -0.39 is 65.0 Å². The van der Waals surface area contributed by atoms with Crippen molar-refractivity contribution in [3.8, 4) is 0 Å². The molecule has 0 aromatic carbocycles. The minimum absolute atomic E-state index is 0.00316. The molecule has 11 heteroatoms. The Bertz CT molecular complexity index is 1840. The number of rotatable bonds is 10. The van der Waals surface area contributed by atoms with E-state index in [2.05, 4.69) is 77.1 Å². The number of aryl methyl sites for hydroxylation is 2. The Hall–Kier alpha value is -2.54. The number of hydrogen-bond acceptors (Lipinski definition) is 8. The molecule has 1 aromatic rings. The third-order valence-electron chi connectivity index (χ3n) is 18.6. The highest BCUT2D eigenvalue weighted by atomic mass is 16.7. The number of aliphatic hydroxyl groups is 3. The second-order valence-electron chi connectivity index (χ2n) is 21.3. The lowest BCUT2D eigenvalue weighted by Gasteiger charge is -2.74. The van der Waals surface area contributed by atoms with Gasteiger partial charge in [-0.25, -0.2) is 4.79 Å². The van der Waals surface area contributed by atoms with Crippen LogP contribution in [0.15, 0.2) is 36.2 Å². The van der Waals surface area contributed by atoms with E-state index in [9.17, 15) is 35.1 Å². The van der Waals surface area contributed by atoms with Crippen molar-refractivity contribution >= 4 is 11.9 Å². The number of aliphatic hydroxyl groups excluding tert-OH is 3. The zero-order chi connectivity index (χ0) is 41.8. The molecule has 11 nitrogen and oxygen atoms in total. The summed E-state index contributed by atoms with van der Waals surface area (Å²) in [7, 11) is 1.71. The van der Waals surface area contributed by atoms with Crippen molar-refractivity contribution in [3.63, 3.8) is 0 Å². The Balaban J connectivity index is 1.20. The van der Waals surface area contributed by atoms with E-state index >= 15 is 0 Å². The molecule has 6 aliphatic carbocycles. The number of aromatic nitrogens is 1. The summed E-state index contributed by atoms with van der Waals surface area (Å²) in [4.78, 5) is 29.3. The molecule has 7 aliphatic rings. The molecule has 1 saturated heterocycles. The van der Waals surface area contributed by atoms with Gasteiger partial charge in [0.15, 0.2) is 12.4 Å². The average molecular weight is 808 g/mol. The maximum Gasteiger partial charge on any atom is 0.335 e. The highest BCUT2D eigenvalue weighted by Gasteiger charge is 2.76. The van der Waals surface area contributed by atoms with Crippen LogP contribution in [0.25, 0.3) is 0 Å². The second-order valence-corrected chi connectivity index (χ2v) is 21.3. The fourth-order valence-corrected chi connectivity index (χ4v) is 15.8. The predicted molar refractivity (Wildman–Crippen MR) is 216 cm³/mol. The van der Waals surface area contributed by atoms with Crippen molar-refractivity contribution in [2.45, 2.75) is 162 Å². The number of carboxylic acid groups (broad SMARTS) is 2. The van der Waals surface area contributed by atoms with Crippen LogP contribution in [0.3, 0.4) is 0 Å². The number of fused-ring (bicyclic) bond motifs is 6. The maximum atomic E-state index is 14.0. The summed E-state index contributed by atoms with van der Waals surface area (Å²) in [6.45, 7) is 14.5. The lowest BCUT2D eigenvalue weighted by atomic mass is 9.29. The summed E-state index contributed by atoms with van der Waals surface area (Å²) in [5.74, 6) is -1.66. The highest BCUT2D eigenvalue weighted by molar-refractivity contribution is 5.79. The van der Waals surface area contributed by atoms with Crippen LogP contribution in [0.5, 0.6) is 0 Å². The van der Waals surface area contributed by atoms with Gasteiger partial charge < -0.3 is 44.7 Å². The molecule has 6 N–H and O–H groups in total. The molecule has 5 fully saturated rings. The van der Waals surface area contributed by atoms with Crippen molar-refractivity contribution in [1.29, 1.82) is 0 Å². The topological polar surface area (TPSA) is 179 Å². The third kappa shape index (κ3) is 5.64. The van der Waals surface area contributed by atoms with Gasteiger partial charge in [-0.05, 0) is 134 Å². The number of H-pyrrole nitrogens is 1. The van der Waals surface area contributed by atoms with Crippen molar-refractivity contribution in [3.05, 3.63) is 47.3 Å². The summed E-state index contributed by atoms with van der Waals surface area (Å²) in [5.41, 5.74) is 1.66. The second kappa shape index (κ2) is 14.3. The van der Waals surface area contributed by atoms with E-state index in [-0.39, 0.29) is 33.5 Å². The first-order valence-electron chi connectivity index (χ1n) is 22.1. The molecule has 8 rings (SSSR count). The SMILES string of the molecule is CCc1c[nH]cc1CC[C@]12CC[C@H](O[C@@H]3O[C@H](C(=O)O)[C@@H](O)[C@H](O)[C@H]3O)C(C)(C)[C@@H]1CC[C@]1(C)[C@@H]2CC=C2[C@@]34C=CC[C@@](C)(C[C@@H](COC)[C@]3(C(=O)O)CC[C@]21C)C4. The Morgan fingerprint density at radius 1 is 0.931 bits per heavy atom. The maximum absolute atomic E-state index is 14.0. The molecule has 2 bridgehead atoms. The Morgan fingerprint density at radius 2 is 1.67 bits per heavy atom. The van der Waals surface area contributed by atoms with Crippen molar-refractivity contribution in [2.75, 3.05) is 13.7 Å². The van der Waals surface area contributed by atoms with Crippen LogP contribution in [0.2, 0.25) is 0 Å². The average Bonchev–Trinajstić information content (AvgIpc) is 3.62. The summed E-state index contributed by atoms with van der Waals surface area (Å²) in [5, 5.41) is 53.3. The number of allylic oxidation sites excluding steroid dienone is 4. The van der Waals surface area contributed by atoms with E-state index in [1.807, 2.05) is 0 Å². The van der Waals surface area contributed by atoms with Gasteiger partial charge in [0.25, 0.3) is 0 Å². The van der Waals surface area contributed by atoms with Gasteiger partial charge in [0.05, 0.1) is 18.1 Å². The number of methoxy groups -OCH3 is 1. The van der Waals surface area contributed by atoms with Crippen LogP contribution in [0.4, 0.5) is 0 Å². The fraction of sp³-hybridized carbons (Fsp3) is 0.787. The van der Waals surface area contributed by atoms with Crippen molar-refractivity contribution in [1.82, 2.24) is 4.98 Å². The van der Waals surface area contributed by atoms with E-state index in [0.29, 0.717) is 25.4 Å². The van der Waals surface area contributed by atoms with Crippen LogP contribution in [0, 0.1) is 55.7 Å². The standard InChI is InChI=1S/C47H69NO10/c1-8-27-23-48-24-28(27)12-18-45-19-14-33(57-39-36(51)34(49)35(50)37(58-39)38(52)53)41(2,3)30(45)13-17-43(5)31(45)10-11-32-44(43,6)20-21-47(40(54)55)29(25-56-7)22-42(4)15-9-16-46(32,47)26-42/h9,11,16,23-24,29-31,33-37,39,48-51H,8,10,12-15,17-22,25-26H2,1-7H3,(H,52,53)(H,54,55)/t29-,30-,31-,33-,34-,35-,36+,37-,39+,42-,43+,44+,45-,46-,47-/m0/s1. The van der Waals surface area contributed by atoms with Gasteiger partial charge in [-0.2, -0.15) is 0 Å². The first-order chi connectivity index (χ1) is 27.3. The summed E-state index contributed by atoms with van der Waals surface area (Å²) in [6.07, 6.45) is 14.1. The number of ether oxygens (including phenoxy) is 3. The minimum Gasteiger partial charge on any atom is -0.481 e. The van der Waals surface area contributed by atoms with Crippen molar-refractivity contribution < 1.29 is 49.3 Å². The normalized spacial score (nSPS) is 47.8. The number of hydrogen-bond donors (Lipinski definition) is 6. The van der Waals surface area contributed by atoms with Crippen molar-refractivity contribution in [2.24, 2.45) is 55.7 Å². The van der Waals surface area contributed by atoms with Gasteiger partial charge in [0.1, 0.15) is 18.3 Å². The number of aromatic amines is 1. The van der Waals surface area contributed by atoms with Gasteiger partial charge in [0.2, 0.25) is 0 Å². The molecule has 58 heavy (non-hydrogen) atoms. The van der Waals surface area contributed by atoms with Crippen LogP contribution in [-0.2, 0) is 36.6 Å². The monoisotopic (exact) mass is 807 g/mol. The Morgan fingerprint density at radius 3 is 2.36 bits per heavy atom. The number of nitrogens with one attached hydrogen (secondary N) is 1. The zero-order valence-corrected chi connectivity index (χ0v) is 35.8. The quantitative estimate of drug-likeness (QED) is 0.108. The summed E-state index contributed by atoms with van der Waals surface area (Å²) in [6, 6.07) is 0. The molecule has 322 valence electrons. The molecular weight excluding hydrogens is 739 g/mol. The molecule has 0 unspecified atom stereocenters. The lowest BCUT2D eigenvalue weighted by molar-refractivity contribution is -0.325. The van der Waals surface area contributed by atoms with Crippen LogP contribution < -0.4 is 0 Å². The molecule has 15 atom stereocenters. The Kier molecular flexibility index (Phi) is 10.4. The van der Waals surface area contributed by atoms with E-state index in [1.54, 1.807) is 7.11 Å². The molecule has 4 saturated carbocycles. The van der Waals surface area contributed by atoms with E-state index in [4.69, 9.17) is 14.2 Å². The van der Waals surface area contributed by atoms with Crippen LogP contribution in [-0.4, -0.2) is 93.0 Å². The molecule has 1 aromatic heterocycles. The van der Waals surface area contributed by atoms with Crippen LogP contribution in [0.1, 0.15) is 123 Å². The van der Waals surface area contributed by atoms with Gasteiger partial charge in [-0.3, -0.25) is 4.79 Å². The number of carboxylic acids is 2. The number of aliphatic carboxylic acids is 2. The molecule has 0 amide bonds. The predicted octanol–water partition coefficient (Wildman–Crippen LogP) is 6.84. The Labute approximate surface area is 344 Å². The first-order valence-corrected chi connectivity index (χ1v) is 22.1. The molecule has 1 aliphatic heterocycles. The largest absolute Gasteiger partial charge is 0.481 e. The third-order valence-corrected chi connectivity index (χ3v) is 18.6. The smallest absolute Gasteiger partial charge is 0.335 e. The summed E-state index contributed by atoms with van der Waals surface area (Å²) >= 11 is 0. The molecule has 1 spiro atoms. The van der Waals surface area contributed by atoms with Gasteiger partial charge in [-0.15, -0.1) is 0 Å². The highest BCUT2D eigenvalue weighted by Crippen LogP contribution is 2.80. The minimum atomic E-state index is -1.78. The molecular formula is C47H69NO10. The van der Waals surface area contributed by atoms with Gasteiger partial charge in [0, 0.05) is 30.8 Å². The summed E-state index contributed by atoms with van der Waals surface area (Å²) < 4.78 is 18.1. The zero-order valence-electron chi connectivity index (χ0n) is 35.8. The number of carbonyl (C=O) groups is 2. The molecule has 2 heterocycles. The van der Waals surface area contributed by atoms with Crippen LogP contribution >= 0.6 is 0 Å². The lowest BCUT2D eigenvalue weighted by Crippen LogP contribution is -2.70. The fourth-order valence-electron chi connectivity index (χ4n) is 15.8. The molecule has 0 radical (unpaired) electrons. The van der Waals surface area contributed by atoms with Gasteiger partial charge in [-0.1, -0.05) is 65.3 Å². The first kappa shape index (κ1) is 42.2. The van der Waals surface area contributed by atoms with E-state index in [0.717, 1.165) is 70.6 Å². The van der Waals surface area contributed by atoms with Gasteiger partial charge >= 0.3 is 11.9 Å². The van der Waals surface area contributed by atoms with E-state index in [1.165, 1.54) is 16.7 Å².